The smallest absolute Gasteiger partial charge is 0.255 e. The molecule has 1 amide bonds. The monoisotopic (exact) mass is 512 g/mol. The number of carbonyl (C=O) groups is 3. The molecule has 6 N–H and O–H groups in total. The number of aliphatic hydroxyl groups is 3. The third-order valence-corrected chi connectivity index (χ3v) is 8.07. The molecule has 0 spiro atoms. The van der Waals surface area contributed by atoms with Gasteiger partial charge in [0.05, 0.1) is 11.6 Å². The van der Waals surface area contributed by atoms with E-state index < -0.39 is 58.0 Å². The van der Waals surface area contributed by atoms with Crippen LogP contribution >= 0.6 is 0 Å². The Hall–Kier alpha value is -3.17. The fourth-order valence-corrected chi connectivity index (χ4v) is 6.35. The number of nitrogens with zero attached hydrogens (tertiary/aromatic N) is 1. The number of likely N-dealkylation sites (N-methyl/N-ethyl adjacent to an activating group) is 1. The summed E-state index contributed by atoms with van der Waals surface area (Å²) in [7, 11) is 3.16. The molecule has 37 heavy (non-hydrogen) atoms. The summed E-state index contributed by atoms with van der Waals surface area (Å²) in [5.41, 5.74) is 3.77. The van der Waals surface area contributed by atoms with Crippen LogP contribution in [0.25, 0.3) is 5.76 Å². The number of hydrogen-bond acceptors (Lipinski definition) is 8. The summed E-state index contributed by atoms with van der Waals surface area (Å²) in [4.78, 5) is 40.6. The van der Waals surface area contributed by atoms with Crippen LogP contribution in [-0.4, -0.2) is 68.5 Å². The van der Waals surface area contributed by atoms with Crippen LogP contribution in [-0.2, 0) is 27.2 Å². The summed E-state index contributed by atoms with van der Waals surface area (Å²) in [5, 5.41) is 44.5. The SMILES string of the molecule is CN(C)[C@H]1C(=O)C(C(N)=O)=C(O)[C@@]2(O)C(=O)C3=C(O)c4c(O)ccc(CCCC(C)(C)C)c4C[C@H]3C[C@@H]12. The normalized spacial score (nSPS) is 27.8. The lowest BCUT2D eigenvalue weighted by Gasteiger charge is -2.50. The second-order valence-electron chi connectivity index (χ2n) is 12.0. The Labute approximate surface area is 216 Å². The molecule has 3 aliphatic rings. The number of phenolic OH excluding ortho intramolecular Hbond substituents is 1. The molecule has 1 aromatic carbocycles. The van der Waals surface area contributed by atoms with Crippen molar-refractivity contribution in [2.24, 2.45) is 23.0 Å². The zero-order valence-electron chi connectivity index (χ0n) is 22.0. The number of benzene rings is 1. The maximum atomic E-state index is 13.8. The van der Waals surface area contributed by atoms with Gasteiger partial charge in [-0.25, -0.2) is 0 Å². The number of aliphatic hydroxyl groups excluding tert-OH is 2. The molecule has 0 aliphatic heterocycles. The minimum Gasteiger partial charge on any atom is -0.508 e. The lowest BCUT2D eigenvalue weighted by Crippen LogP contribution is -2.65. The van der Waals surface area contributed by atoms with Gasteiger partial charge in [0.15, 0.2) is 11.4 Å². The number of carbonyl (C=O) groups excluding carboxylic acids is 3. The second kappa shape index (κ2) is 8.99. The van der Waals surface area contributed by atoms with Crippen LogP contribution in [0.4, 0.5) is 0 Å². The Kier molecular flexibility index (Phi) is 6.53. The first-order valence-corrected chi connectivity index (χ1v) is 12.6. The Morgan fingerprint density at radius 1 is 1.16 bits per heavy atom. The molecule has 0 bridgehead atoms. The molecule has 9 heteroatoms. The predicted octanol–water partition coefficient (Wildman–Crippen LogP) is 2.33. The van der Waals surface area contributed by atoms with Crippen LogP contribution in [0.15, 0.2) is 29.0 Å². The third-order valence-electron chi connectivity index (χ3n) is 8.07. The van der Waals surface area contributed by atoms with Crippen molar-refractivity contribution in [3.8, 4) is 5.75 Å². The number of aryl methyl sites for hydroxylation is 1. The average molecular weight is 513 g/mol. The van der Waals surface area contributed by atoms with Gasteiger partial charge in [-0.05, 0) is 74.7 Å². The zero-order valence-corrected chi connectivity index (χ0v) is 22.0. The number of ketones is 2. The average Bonchev–Trinajstić information content (AvgIpc) is 2.76. The Morgan fingerprint density at radius 2 is 1.81 bits per heavy atom. The first-order valence-electron chi connectivity index (χ1n) is 12.6. The largest absolute Gasteiger partial charge is 0.508 e. The highest BCUT2D eigenvalue weighted by Gasteiger charge is 2.64. The topological polar surface area (TPSA) is 161 Å². The Bertz CT molecular complexity index is 1250. The van der Waals surface area contributed by atoms with Gasteiger partial charge < -0.3 is 26.2 Å². The van der Waals surface area contributed by atoms with E-state index in [1.54, 1.807) is 14.1 Å². The lowest BCUT2D eigenvalue weighted by molar-refractivity contribution is -0.153. The Balaban J connectivity index is 1.86. The van der Waals surface area contributed by atoms with Crippen LogP contribution in [0.2, 0.25) is 0 Å². The van der Waals surface area contributed by atoms with Gasteiger partial charge in [-0.3, -0.25) is 19.3 Å². The molecular weight excluding hydrogens is 476 g/mol. The van der Waals surface area contributed by atoms with Gasteiger partial charge in [0.25, 0.3) is 5.91 Å². The minimum absolute atomic E-state index is 0.0862. The van der Waals surface area contributed by atoms with E-state index in [2.05, 4.69) is 20.8 Å². The molecule has 0 saturated heterocycles. The molecular formula is C28H36N2O7. The summed E-state index contributed by atoms with van der Waals surface area (Å²) < 4.78 is 0. The Morgan fingerprint density at radius 3 is 2.38 bits per heavy atom. The summed E-state index contributed by atoms with van der Waals surface area (Å²) in [5.74, 6) is -6.37. The van der Waals surface area contributed by atoms with E-state index in [9.17, 15) is 34.8 Å². The van der Waals surface area contributed by atoms with Gasteiger partial charge >= 0.3 is 0 Å². The maximum absolute atomic E-state index is 13.8. The highest BCUT2D eigenvalue weighted by molar-refractivity contribution is 6.24. The molecule has 0 radical (unpaired) electrons. The standard InChI is InChI=1S/C28H36N2O7/c1-27(2,3)10-6-7-13-8-9-17(31)19-15(13)11-14-12-16-21(30(4)5)23(33)20(26(29)36)25(35)28(16,37)24(34)18(14)22(19)32/h8-9,14,16,21,31-32,35,37H,6-7,10-12H2,1-5H3,(H2,29,36)/t14-,16-,21+,28-/m0/s1. The highest BCUT2D eigenvalue weighted by Crippen LogP contribution is 2.53. The van der Waals surface area contributed by atoms with Crippen LogP contribution in [0.5, 0.6) is 5.75 Å². The number of aromatic hydroxyl groups is 1. The van der Waals surface area contributed by atoms with Gasteiger partial charge in [-0.2, -0.15) is 0 Å². The summed E-state index contributed by atoms with van der Waals surface area (Å²) >= 11 is 0. The third kappa shape index (κ3) is 4.14. The van der Waals surface area contributed by atoms with E-state index in [0.717, 1.165) is 30.4 Å². The van der Waals surface area contributed by atoms with Crippen molar-refractivity contribution in [2.75, 3.05) is 14.1 Å². The molecule has 3 aliphatic carbocycles. The molecule has 4 atom stereocenters. The molecule has 200 valence electrons. The number of Topliss-reactive ketones (excluding diaryl/α,β-unsaturated/α-hetero) is 2. The number of hydrogen-bond donors (Lipinski definition) is 5. The first kappa shape index (κ1) is 26.9. The van der Waals surface area contributed by atoms with Crippen molar-refractivity contribution < 1.29 is 34.8 Å². The van der Waals surface area contributed by atoms with E-state index in [4.69, 9.17) is 5.73 Å². The van der Waals surface area contributed by atoms with E-state index in [-0.39, 0.29) is 28.7 Å². The van der Waals surface area contributed by atoms with Crippen molar-refractivity contribution in [1.82, 2.24) is 4.90 Å². The molecule has 4 rings (SSSR count). The predicted molar refractivity (Wildman–Crippen MR) is 137 cm³/mol. The number of rotatable bonds is 5. The van der Waals surface area contributed by atoms with E-state index in [0.29, 0.717) is 6.42 Å². The van der Waals surface area contributed by atoms with E-state index in [1.807, 2.05) is 6.07 Å². The lowest BCUT2D eigenvalue weighted by atomic mass is 9.57. The molecule has 9 nitrogen and oxygen atoms in total. The van der Waals surface area contributed by atoms with Gasteiger partial charge in [-0.1, -0.05) is 26.8 Å². The fourth-order valence-electron chi connectivity index (χ4n) is 6.35. The van der Waals surface area contributed by atoms with Crippen molar-refractivity contribution in [3.63, 3.8) is 0 Å². The molecule has 0 aromatic heterocycles. The molecule has 0 unspecified atom stereocenters. The van der Waals surface area contributed by atoms with Crippen LogP contribution in [0.3, 0.4) is 0 Å². The molecule has 1 fully saturated rings. The molecule has 1 saturated carbocycles. The summed E-state index contributed by atoms with van der Waals surface area (Å²) in [6.45, 7) is 6.49. The number of phenols is 1. The van der Waals surface area contributed by atoms with Gasteiger partial charge in [0.1, 0.15) is 22.8 Å². The van der Waals surface area contributed by atoms with Crippen molar-refractivity contribution in [1.29, 1.82) is 0 Å². The fraction of sp³-hybridized carbons (Fsp3) is 0.536. The minimum atomic E-state index is -2.62. The van der Waals surface area contributed by atoms with Crippen LogP contribution in [0, 0.1) is 17.3 Å². The molecule has 0 heterocycles. The van der Waals surface area contributed by atoms with Crippen LogP contribution in [0.1, 0.15) is 56.7 Å². The summed E-state index contributed by atoms with van der Waals surface area (Å²) in [6, 6.07) is 2.22. The second-order valence-corrected chi connectivity index (χ2v) is 12.0. The summed E-state index contributed by atoms with van der Waals surface area (Å²) in [6.07, 6.45) is 3.00. The number of primary amides is 1. The van der Waals surface area contributed by atoms with Crippen molar-refractivity contribution in [3.05, 3.63) is 45.7 Å². The number of amides is 1. The zero-order chi connectivity index (χ0) is 27.6. The van der Waals surface area contributed by atoms with Crippen molar-refractivity contribution >= 4 is 23.2 Å². The van der Waals surface area contributed by atoms with E-state index >= 15 is 0 Å². The highest BCUT2D eigenvalue weighted by atomic mass is 16.3. The van der Waals surface area contributed by atoms with Gasteiger partial charge in [0, 0.05) is 11.5 Å². The number of nitrogens with two attached hydrogens (primary N) is 1. The molecule has 1 aromatic rings. The van der Waals surface area contributed by atoms with Gasteiger partial charge in [-0.15, -0.1) is 0 Å². The maximum Gasteiger partial charge on any atom is 0.255 e. The quantitative estimate of drug-likeness (QED) is 0.376. The van der Waals surface area contributed by atoms with Crippen molar-refractivity contribution in [2.45, 2.75) is 64.5 Å². The van der Waals surface area contributed by atoms with Gasteiger partial charge in [0.2, 0.25) is 5.78 Å². The van der Waals surface area contributed by atoms with E-state index in [1.165, 1.54) is 11.0 Å². The number of fused-ring (bicyclic) bond motifs is 3. The first-order chi connectivity index (χ1) is 17.1. The van der Waals surface area contributed by atoms with Crippen LogP contribution < -0.4 is 5.73 Å².